The van der Waals surface area contributed by atoms with Gasteiger partial charge in [-0.25, -0.2) is 0 Å². The molecule has 0 bridgehead atoms. The lowest BCUT2D eigenvalue weighted by atomic mass is 10.1. The predicted molar refractivity (Wildman–Crippen MR) is 86.3 cm³/mol. The minimum Gasteiger partial charge on any atom is -0.398 e. The molecule has 102 valence electrons. The summed E-state index contributed by atoms with van der Waals surface area (Å²) in [6, 6.07) is 7.23. The number of hydrogen-bond donors (Lipinski definition) is 2. The number of nitrogens with zero attached hydrogens (tertiary/aromatic N) is 2. The number of nitrogens with two attached hydrogens (primary N) is 1. The van der Waals surface area contributed by atoms with Gasteiger partial charge in [0.25, 0.3) is 0 Å². The van der Waals surface area contributed by atoms with E-state index >= 15 is 0 Å². The average Bonchev–Trinajstić information content (AvgIpc) is 2.87. The zero-order chi connectivity index (χ0) is 14.3. The molecule has 2 aromatic carbocycles. The number of aryl methyl sites for hydroxylation is 1. The van der Waals surface area contributed by atoms with Crippen LogP contribution >= 0.6 is 34.9 Å². The lowest BCUT2D eigenvalue weighted by Gasteiger charge is -2.13. The lowest BCUT2D eigenvalue weighted by Crippen LogP contribution is -1.97. The zero-order valence-electron chi connectivity index (χ0n) is 10.4. The largest absolute Gasteiger partial charge is 0.398 e. The highest BCUT2D eigenvalue weighted by Gasteiger charge is 2.12. The topological polar surface area (TPSA) is 63.8 Å². The summed E-state index contributed by atoms with van der Waals surface area (Å²) in [5.74, 6) is 0. The highest BCUT2D eigenvalue weighted by molar-refractivity contribution is 7.00. The number of aromatic nitrogens is 2. The van der Waals surface area contributed by atoms with Crippen molar-refractivity contribution in [1.29, 1.82) is 0 Å². The van der Waals surface area contributed by atoms with Crippen molar-refractivity contribution in [3.8, 4) is 0 Å². The van der Waals surface area contributed by atoms with Crippen LogP contribution < -0.4 is 11.1 Å². The molecule has 0 saturated carbocycles. The quantitative estimate of drug-likeness (QED) is 0.674. The van der Waals surface area contributed by atoms with Crippen molar-refractivity contribution in [3.05, 3.63) is 39.9 Å². The number of halogens is 2. The van der Waals surface area contributed by atoms with E-state index < -0.39 is 0 Å². The standard InChI is InChI=1S/C13H10Cl2N4S/c1-6-4-9(16)8(15)5-11(6)17-12-7(14)2-3-10-13(12)19-20-18-10/h2-5,17H,16H2,1H3. The fourth-order valence-electron chi connectivity index (χ4n) is 1.92. The van der Waals surface area contributed by atoms with Crippen molar-refractivity contribution in [2.24, 2.45) is 0 Å². The van der Waals surface area contributed by atoms with Crippen LogP contribution in [0.1, 0.15) is 5.56 Å². The maximum absolute atomic E-state index is 6.25. The van der Waals surface area contributed by atoms with Gasteiger partial charge in [0.2, 0.25) is 0 Å². The number of benzene rings is 2. The Morgan fingerprint density at radius 2 is 1.95 bits per heavy atom. The third-order valence-electron chi connectivity index (χ3n) is 2.98. The second-order valence-corrected chi connectivity index (χ2v) is 5.71. The van der Waals surface area contributed by atoms with Crippen LogP contribution in [0.5, 0.6) is 0 Å². The molecule has 3 rings (SSSR count). The molecular formula is C13H10Cl2N4S. The summed E-state index contributed by atoms with van der Waals surface area (Å²) < 4.78 is 8.47. The molecular weight excluding hydrogens is 315 g/mol. The van der Waals surface area contributed by atoms with E-state index in [1.54, 1.807) is 12.1 Å². The second kappa shape index (κ2) is 5.09. The SMILES string of the molecule is Cc1cc(N)c(Cl)cc1Nc1c(Cl)ccc2nsnc12. The highest BCUT2D eigenvalue weighted by atomic mass is 35.5. The normalized spacial score (nSPS) is 10.9. The average molecular weight is 325 g/mol. The first kappa shape index (κ1) is 13.4. The second-order valence-electron chi connectivity index (χ2n) is 4.37. The van der Waals surface area contributed by atoms with Gasteiger partial charge in [-0.1, -0.05) is 23.2 Å². The van der Waals surface area contributed by atoms with Gasteiger partial charge in [-0.2, -0.15) is 8.75 Å². The van der Waals surface area contributed by atoms with Crippen molar-refractivity contribution >= 4 is 63.0 Å². The van der Waals surface area contributed by atoms with E-state index in [9.17, 15) is 0 Å². The van der Waals surface area contributed by atoms with Gasteiger partial charge in [0.05, 0.1) is 33.1 Å². The molecule has 1 aromatic heterocycles. The van der Waals surface area contributed by atoms with Crippen LogP contribution in [0.15, 0.2) is 24.3 Å². The van der Waals surface area contributed by atoms with Crippen LogP contribution in [0, 0.1) is 6.92 Å². The van der Waals surface area contributed by atoms with Crippen LogP contribution in [0.25, 0.3) is 11.0 Å². The maximum atomic E-state index is 6.25. The summed E-state index contributed by atoms with van der Waals surface area (Å²) >= 11 is 13.5. The van der Waals surface area contributed by atoms with Crippen LogP contribution in [0.4, 0.5) is 17.1 Å². The van der Waals surface area contributed by atoms with E-state index in [4.69, 9.17) is 28.9 Å². The van der Waals surface area contributed by atoms with E-state index in [-0.39, 0.29) is 0 Å². The molecule has 20 heavy (non-hydrogen) atoms. The van der Waals surface area contributed by atoms with Crippen molar-refractivity contribution in [2.75, 3.05) is 11.1 Å². The number of nitrogens with one attached hydrogen (secondary N) is 1. The number of nitrogen functional groups attached to an aromatic ring is 1. The monoisotopic (exact) mass is 324 g/mol. The number of hydrogen-bond acceptors (Lipinski definition) is 5. The van der Waals surface area contributed by atoms with Crippen LogP contribution in [-0.2, 0) is 0 Å². The van der Waals surface area contributed by atoms with Crippen molar-refractivity contribution < 1.29 is 0 Å². The van der Waals surface area contributed by atoms with E-state index in [2.05, 4.69) is 14.1 Å². The van der Waals surface area contributed by atoms with Gasteiger partial charge in [0.1, 0.15) is 11.0 Å². The fraction of sp³-hybridized carbons (Fsp3) is 0.0769. The van der Waals surface area contributed by atoms with Gasteiger partial charge in [-0.05, 0) is 36.8 Å². The number of rotatable bonds is 2. The first-order valence-corrected chi connectivity index (χ1v) is 7.28. The summed E-state index contributed by atoms with van der Waals surface area (Å²) in [5.41, 5.74) is 10.4. The molecule has 0 spiro atoms. The predicted octanol–water partition coefficient (Wildman–Crippen LogP) is 4.63. The van der Waals surface area contributed by atoms with E-state index in [1.165, 1.54) is 0 Å². The Labute approximate surface area is 129 Å². The Bertz CT molecular complexity index is 800. The third-order valence-corrected chi connectivity index (χ3v) is 4.17. The molecule has 3 aromatic rings. The molecule has 0 atom stereocenters. The highest BCUT2D eigenvalue weighted by Crippen LogP contribution is 2.35. The van der Waals surface area contributed by atoms with E-state index in [1.807, 2.05) is 19.1 Å². The third kappa shape index (κ3) is 2.28. The molecule has 0 amide bonds. The number of anilines is 3. The van der Waals surface area contributed by atoms with Crippen molar-refractivity contribution in [1.82, 2.24) is 8.75 Å². The van der Waals surface area contributed by atoms with E-state index in [0.717, 1.165) is 39.7 Å². The lowest BCUT2D eigenvalue weighted by molar-refractivity contribution is 1.43. The van der Waals surface area contributed by atoms with Crippen molar-refractivity contribution in [2.45, 2.75) is 6.92 Å². The molecule has 0 aliphatic rings. The van der Waals surface area contributed by atoms with Gasteiger partial charge in [-0.15, -0.1) is 0 Å². The molecule has 0 unspecified atom stereocenters. The molecule has 7 heteroatoms. The zero-order valence-corrected chi connectivity index (χ0v) is 12.8. The molecule has 0 fully saturated rings. The maximum Gasteiger partial charge on any atom is 0.129 e. The Hall–Kier alpha value is -1.56. The number of fused-ring (bicyclic) bond motifs is 1. The first-order chi connectivity index (χ1) is 9.56. The molecule has 0 aliphatic carbocycles. The van der Waals surface area contributed by atoms with Gasteiger partial charge >= 0.3 is 0 Å². The Morgan fingerprint density at radius 3 is 2.75 bits per heavy atom. The summed E-state index contributed by atoms with van der Waals surface area (Å²) in [6.07, 6.45) is 0. The van der Waals surface area contributed by atoms with Gasteiger partial charge < -0.3 is 11.1 Å². The summed E-state index contributed by atoms with van der Waals surface area (Å²) in [4.78, 5) is 0. The van der Waals surface area contributed by atoms with Gasteiger partial charge in [-0.3, -0.25) is 0 Å². The summed E-state index contributed by atoms with van der Waals surface area (Å²) in [7, 11) is 0. The molecule has 3 N–H and O–H groups in total. The smallest absolute Gasteiger partial charge is 0.129 e. The van der Waals surface area contributed by atoms with Crippen molar-refractivity contribution in [3.63, 3.8) is 0 Å². The van der Waals surface area contributed by atoms with Gasteiger partial charge in [0.15, 0.2) is 0 Å². The molecule has 1 heterocycles. The molecule has 0 radical (unpaired) electrons. The minimum atomic E-state index is 0.498. The molecule has 0 aliphatic heterocycles. The fourth-order valence-corrected chi connectivity index (χ4v) is 2.82. The Morgan fingerprint density at radius 1 is 1.15 bits per heavy atom. The summed E-state index contributed by atoms with van der Waals surface area (Å²) in [5, 5.41) is 4.35. The minimum absolute atomic E-state index is 0.498. The van der Waals surface area contributed by atoms with Crippen LogP contribution in [0.2, 0.25) is 10.0 Å². The Kier molecular flexibility index (Phi) is 3.41. The van der Waals surface area contributed by atoms with Gasteiger partial charge in [0, 0.05) is 5.69 Å². The van der Waals surface area contributed by atoms with Crippen LogP contribution in [0.3, 0.4) is 0 Å². The Balaban J connectivity index is 2.12. The first-order valence-electron chi connectivity index (χ1n) is 5.79. The van der Waals surface area contributed by atoms with Crippen LogP contribution in [-0.4, -0.2) is 8.75 Å². The summed E-state index contributed by atoms with van der Waals surface area (Å²) in [6.45, 7) is 1.95. The van der Waals surface area contributed by atoms with E-state index in [0.29, 0.717) is 15.7 Å². The molecule has 0 saturated heterocycles. The molecule has 4 nitrogen and oxygen atoms in total.